The predicted octanol–water partition coefficient (Wildman–Crippen LogP) is 0.307. The van der Waals surface area contributed by atoms with Crippen LogP contribution in [-0.2, 0) is 9.59 Å². The number of hydrogen-bond donors (Lipinski definition) is 2. The molecule has 0 spiro atoms. The molecule has 0 saturated carbocycles. The molecule has 124 valence electrons. The van der Waals surface area contributed by atoms with Crippen LogP contribution in [0.3, 0.4) is 0 Å². The summed E-state index contributed by atoms with van der Waals surface area (Å²) >= 11 is 0. The first kappa shape index (κ1) is 16.6. The molecular weight excluding hydrogens is 284 g/mol. The highest BCUT2D eigenvalue weighted by molar-refractivity contribution is 5.90. The maximum atomic E-state index is 12.4. The van der Waals surface area contributed by atoms with E-state index in [9.17, 15) is 14.4 Å². The highest BCUT2D eigenvalue weighted by Gasteiger charge is 2.32. The number of hydrogen-bond acceptors (Lipinski definition) is 3. The fourth-order valence-corrected chi connectivity index (χ4v) is 2.76. The summed E-state index contributed by atoms with van der Waals surface area (Å²) in [6.45, 7) is 8.15. The molecule has 0 aromatic rings. The normalized spacial score (nSPS) is 23.0. The van der Waals surface area contributed by atoms with Gasteiger partial charge in [0.05, 0.1) is 0 Å². The SMILES string of the molecule is CC(C)(C)NC(=O)N1CCCN(C(=O)C2CCC(=O)N2)CC1. The third kappa shape index (κ3) is 4.35. The zero-order valence-electron chi connectivity index (χ0n) is 13.6. The summed E-state index contributed by atoms with van der Waals surface area (Å²) in [5.41, 5.74) is -0.271. The minimum Gasteiger partial charge on any atom is -0.344 e. The lowest BCUT2D eigenvalue weighted by atomic mass is 10.1. The Bertz CT molecular complexity index is 458. The number of carbonyl (C=O) groups is 3. The summed E-state index contributed by atoms with van der Waals surface area (Å²) in [6.07, 6.45) is 1.75. The van der Waals surface area contributed by atoms with Crippen LogP contribution in [0, 0.1) is 0 Å². The molecule has 0 bridgehead atoms. The molecule has 2 saturated heterocycles. The highest BCUT2D eigenvalue weighted by atomic mass is 16.2. The maximum Gasteiger partial charge on any atom is 0.317 e. The maximum absolute atomic E-state index is 12.4. The summed E-state index contributed by atoms with van der Waals surface area (Å²) in [5, 5.41) is 5.66. The van der Waals surface area contributed by atoms with Crippen LogP contribution in [0.25, 0.3) is 0 Å². The second-order valence-electron chi connectivity index (χ2n) is 7.00. The van der Waals surface area contributed by atoms with Gasteiger partial charge in [-0.25, -0.2) is 4.79 Å². The molecule has 2 aliphatic rings. The molecule has 2 N–H and O–H groups in total. The molecule has 0 aromatic heterocycles. The van der Waals surface area contributed by atoms with Crippen molar-refractivity contribution in [2.75, 3.05) is 26.2 Å². The molecular formula is C15H26N4O3. The van der Waals surface area contributed by atoms with E-state index in [1.54, 1.807) is 9.80 Å². The summed E-state index contributed by atoms with van der Waals surface area (Å²) in [4.78, 5) is 39.4. The monoisotopic (exact) mass is 310 g/mol. The minimum absolute atomic E-state index is 0.0241. The number of nitrogens with zero attached hydrogens (tertiary/aromatic N) is 2. The van der Waals surface area contributed by atoms with Crippen molar-refractivity contribution < 1.29 is 14.4 Å². The van der Waals surface area contributed by atoms with E-state index in [0.29, 0.717) is 39.0 Å². The smallest absolute Gasteiger partial charge is 0.317 e. The molecule has 0 radical (unpaired) electrons. The first-order valence-corrected chi connectivity index (χ1v) is 7.91. The Morgan fingerprint density at radius 3 is 2.36 bits per heavy atom. The van der Waals surface area contributed by atoms with Crippen molar-refractivity contribution in [2.24, 2.45) is 0 Å². The van der Waals surface area contributed by atoms with Crippen LogP contribution in [0.2, 0.25) is 0 Å². The van der Waals surface area contributed by atoms with Crippen LogP contribution >= 0.6 is 0 Å². The van der Waals surface area contributed by atoms with Crippen molar-refractivity contribution in [3.8, 4) is 0 Å². The van der Waals surface area contributed by atoms with Gasteiger partial charge in [0.2, 0.25) is 11.8 Å². The minimum atomic E-state index is -0.387. The van der Waals surface area contributed by atoms with Crippen molar-refractivity contribution in [2.45, 2.75) is 51.6 Å². The van der Waals surface area contributed by atoms with E-state index in [4.69, 9.17) is 0 Å². The van der Waals surface area contributed by atoms with E-state index in [1.165, 1.54) is 0 Å². The van der Waals surface area contributed by atoms with E-state index in [0.717, 1.165) is 6.42 Å². The predicted molar refractivity (Wildman–Crippen MR) is 82.2 cm³/mol. The molecule has 2 fully saturated rings. The molecule has 0 aliphatic carbocycles. The average molecular weight is 310 g/mol. The quantitative estimate of drug-likeness (QED) is 0.731. The Labute approximate surface area is 131 Å². The van der Waals surface area contributed by atoms with Gasteiger partial charge in [-0.15, -0.1) is 0 Å². The summed E-state index contributed by atoms with van der Waals surface area (Å²) in [7, 11) is 0. The number of rotatable bonds is 1. The van der Waals surface area contributed by atoms with Gasteiger partial charge in [-0.05, 0) is 33.6 Å². The summed E-state index contributed by atoms with van der Waals surface area (Å²) < 4.78 is 0. The largest absolute Gasteiger partial charge is 0.344 e. The van der Waals surface area contributed by atoms with Crippen LogP contribution in [0.1, 0.15) is 40.0 Å². The zero-order chi connectivity index (χ0) is 16.3. The Morgan fingerprint density at radius 2 is 1.77 bits per heavy atom. The lowest BCUT2D eigenvalue weighted by Crippen LogP contribution is -2.50. The van der Waals surface area contributed by atoms with Crippen LogP contribution < -0.4 is 10.6 Å². The van der Waals surface area contributed by atoms with E-state index in [2.05, 4.69) is 10.6 Å². The standard InChI is InChI=1S/C15H26N4O3/c1-15(2,3)17-14(22)19-8-4-7-18(9-10-19)13(21)11-5-6-12(20)16-11/h11H,4-10H2,1-3H3,(H,16,20)(H,17,22). The molecule has 2 aliphatic heterocycles. The summed E-state index contributed by atoms with van der Waals surface area (Å²) in [6, 6.07) is -0.474. The number of amides is 4. The lowest BCUT2D eigenvalue weighted by Gasteiger charge is -2.28. The number of carbonyl (C=O) groups excluding carboxylic acids is 3. The van der Waals surface area contributed by atoms with E-state index >= 15 is 0 Å². The Kier molecular flexibility index (Phi) is 4.93. The van der Waals surface area contributed by atoms with Gasteiger partial charge in [0.1, 0.15) is 6.04 Å². The molecule has 2 rings (SSSR count). The van der Waals surface area contributed by atoms with Crippen molar-refractivity contribution in [3.63, 3.8) is 0 Å². The Morgan fingerprint density at radius 1 is 1.14 bits per heavy atom. The molecule has 2 heterocycles. The van der Waals surface area contributed by atoms with Gasteiger partial charge < -0.3 is 20.4 Å². The molecule has 7 nitrogen and oxygen atoms in total. The number of nitrogens with one attached hydrogen (secondary N) is 2. The van der Waals surface area contributed by atoms with Gasteiger partial charge in [0.15, 0.2) is 0 Å². The van der Waals surface area contributed by atoms with Crippen LogP contribution in [0.4, 0.5) is 4.79 Å². The topological polar surface area (TPSA) is 81.8 Å². The van der Waals surface area contributed by atoms with Gasteiger partial charge in [-0.3, -0.25) is 9.59 Å². The Hall–Kier alpha value is -1.79. The lowest BCUT2D eigenvalue weighted by molar-refractivity contribution is -0.134. The van der Waals surface area contributed by atoms with Gasteiger partial charge >= 0.3 is 6.03 Å². The molecule has 7 heteroatoms. The first-order valence-electron chi connectivity index (χ1n) is 7.91. The van der Waals surface area contributed by atoms with E-state index in [1.807, 2.05) is 20.8 Å². The van der Waals surface area contributed by atoms with Crippen molar-refractivity contribution in [3.05, 3.63) is 0 Å². The molecule has 1 unspecified atom stereocenters. The third-order valence-corrected chi connectivity index (χ3v) is 3.87. The van der Waals surface area contributed by atoms with Crippen molar-refractivity contribution >= 4 is 17.8 Å². The first-order chi connectivity index (χ1) is 10.3. The second-order valence-corrected chi connectivity index (χ2v) is 7.00. The third-order valence-electron chi connectivity index (χ3n) is 3.87. The number of urea groups is 1. The van der Waals surface area contributed by atoms with Gasteiger partial charge in [0, 0.05) is 38.1 Å². The van der Waals surface area contributed by atoms with Crippen LogP contribution in [0.15, 0.2) is 0 Å². The van der Waals surface area contributed by atoms with Gasteiger partial charge in [0.25, 0.3) is 0 Å². The highest BCUT2D eigenvalue weighted by Crippen LogP contribution is 2.12. The van der Waals surface area contributed by atoms with Gasteiger partial charge in [-0.1, -0.05) is 0 Å². The summed E-state index contributed by atoms with van der Waals surface area (Å²) in [5.74, 6) is -0.0803. The molecule has 4 amide bonds. The zero-order valence-corrected chi connectivity index (χ0v) is 13.6. The molecule has 22 heavy (non-hydrogen) atoms. The van der Waals surface area contributed by atoms with Gasteiger partial charge in [-0.2, -0.15) is 0 Å². The van der Waals surface area contributed by atoms with E-state index in [-0.39, 0.29) is 29.4 Å². The van der Waals surface area contributed by atoms with Crippen molar-refractivity contribution in [1.82, 2.24) is 20.4 Å². The van der Waals surface area contributed by atoms with Crippen LogP contribution in [-0.4, -0.2) is 65.4 Å². The fraction of sp³-hybridized carbons (Fsp3) is 0.800. The average Bonchev–Trinajstić information content (AvgIpc) is 2.70. The molecule has 1 atom stereocenters. The molecule has 0 aromatic carbocycles. The second kappa shape index (κ2) is 6.54. The Balaban J connectivity index is 1.88. The van der Waals surface area contributed by atoms with Crippen molar-refractivity contribution in [1.29, 1.82) is 0 Å². The van der Waals surface area contributed by atoms with Crippen LogP contribution in [0.5, 0.6) is 0 Å². The fourth-order valence-electron chi connectivity index (χ4n) is 2.76. The van der Waals surface area contributed by atoms with E-state index < -0.39 is 0 Å².